The molecular formula is C13H24N2O2. The van der Waals surface area contributed by atoms with Crippen LogP contribution in [0.15, 0.2) is 12.7 Å². The smallest absolute Gasteiger partial charge is 0.327 e. The van der Waals surface area contributed by atoms with Crippen molar-refractivity contribution in [1.29, 1.82) is 0 Å². The van der Waals surface area contributed by atoms with Crippen LogP contribution in [0.1, 0.15) is 27.2 Å². The molecule has 0 aromatic heterocycles. The van der Waals surface area contributed by atoms with E-state index in [9.17, 15) is 4.79 Å². The summed E-state index contributed by atoms with van der Waals surface area (Å²) < 4.78 is 5.19. The molecule has 0 saturated carbocycles. The summed E-state index contributed by atoms with van der Waals surface area (Å²) in [5, 5.41) is 3.28. The lowest BCUT2D eigenvalue weighted by atomic mass is 9.98. The number of carbonyl (C=O) groups excluding carboxylic acids is 1. The zero-order chi connectivity index (χ0) is 12.9. The van der Waals surface area contributed by atoms with E-state index in [1.807, 2.05) is 6.92 Å². The van der Waals surface area contributed by atoms with Gasteiger partial charge in [-0.25, -0.2) is 4.79 Å². The maximum Gasteiger partial charge on any atom is 0.327 e. The maximum atomic E-state index is 12.1. The number of hydrogen-bond donors (Lipinski definition) is 1. The topological polar surface area (TPSA) is 41.6 Å². The predicted molar refractivity (Wildman–Crippen MR) is 68.9 cm³/mol. The van der Waals surface area contributed by atoms with Crippen molar-refractivity contribution in [2.45, 2.75) is 38.8 Å². The SMILES string of the molecule is C=CCNC1(C(=O)OCC)CCN(C(C)C)C1. The van der Waals surface area contributed by atoms with Crippen molar-refractivity contribution >= 4 is 5.97 Å². The number of ether oxygens (including phenoxy) is 1. The number of rotatable bonds is 6. The highest BCUT2D eigenvalue weighted by molar-refractivity contribution is 5.81. The summed E-state index contributed by atoms with van der Waals surface area (Å²) in [6, 6.07) is 0.455. The van der Waals surface area contributed by atoms with Crippen LogP contribution in [0.25, 0.3) is 0 Å². The average molecular weight is 240 g/mol. The molecule has 17 heavy (non-hydrogen) atoms. The molecule has 98 valence electrons. The van der Waals surface area contributed by atoms with Crippen molar-refractivity contribution in [1.82, 2.24) is 10.2 Å². The van der Waals surface area contributed by atoms with Crippen LogP contribution in [-0.4, -0.2) is 48.7 Å². The minimum atomic E-state index is -0.547. The van der Waals surface area contributed by atoms with Gasteiger partial charge in [-0.1, -0.05) is 6.08 Å². The lowest BCUT2D eigenvalue weighted by Gasteiger charge is -2.29. The third kappa shape index (κ3) is 3.30. The summed E-state index contributed by atoms with van der Waals surface area (Å²) in [6.07, 6.45) is 2.58. The highest BCUT2D eigenvalue weighted by Gasteiger charge is 2.45. The van der Waals surface area contributed by atoms with Crippen LogP contribution in [0.3, 0.4) is 0 Å². The summed E-state index contributed by atoms with van der Waals surface area (Å²) >= 11 is 0. The number of hydrogen-bond acceptors (Lipinski definition) is 4. The van der Waals surface area contributed by atoms with Crippen molar-refractivity contribution < 1.29 is 9.53 Å². The van der Waals surface area contributed by atoms with Crippen molar-refractivity contribution in [3.8, 4) is 0 Å². The first kappa shape index (κ1) is 14.2. The van der Waals surface area contributed by atoms with Gasteiger partial charge in [-0.3, -0.25) is 10.2 Å². The molecule has 1 aliphatic heterocycles. The Morgan fingerprint density at radius 1 is 1.65 bits per heavy atom. The van der Waals surface area contributed by atoms with Crippen LogP contribution >= 0.6 is 0 Å². The lowest BCUT2D eigenvalue weighted by molar-refractivity contribution is -0.150. The Balaban J connectivity index is 2.74. The highest BCUT2D eigenvalue weighted by atomic mass is 16.5. The van der Waals surface area contributed by atoms with Gasteiger partial charge in [-0.05, 0) is 27.2 Å². The summed E-state index contributed by atoms with van der Waals surface area (Å²) in [7, 11) is 0. The molecular weight excluding hydrogens is 216 g/mol. The van der Waals surface area contributed by atoms with E-state index in [1.165, 1.54) is 0 Å². The Kier molecular flexibility index (Phi) is 5.15. The van der Waals surface area contributed by atoms with Gasteiger partial charge in [0.25, 0.3) is 0 Å². The van der Waals surface area contributed by atoms with E-state index >= 15 is 0 Å². The van der Waals surface area contributed by atoms with Crippen LogP contribution in [0.4, 0.5) is 0 Å². The molecule has 4 heteroatoms. The van der Waals surface area contributed by atoms with E-state index in [-0.39, 0.29) is 5.97 Å². The minimum absolute atomic E-state index is 0.134. The van der Waals surface area contributed by atoms with Gasteiger partial charge in [0.05, 0.1) is 6.61 Å². The van der Waals surface area contributed by atoms with Crippen molar-refractivity contribution in [2.75, 3.05) is 26.2 Å². The van der Waals surface area contributed by atoms with Gasteiger partial charge in [-0.2, -0.15) is 0 Å². The van der Waals surface area contributed by atoms with Crippen LogP contribution in [0.2, 0.25) is 0 Å². The van der Waals surface area contributed by atoms with Crippen LogP contribution in [0.5, 0.6) is 0 Å². The Hall–Kier alpha value is -0.870. The molecule has 0 spiro atoms. The second-order valence-electron chi connectivity index (χ2n) is 4.79. The zero-order valence-electron chi connectivity index (χ0n) is 11.2. The fraction of sp³-hybridized carbons (Fsp3) is 0.769. The molecule has 1 N–H and O–H groups in total. The molecule has 0 bridgehead atoms. The predicted octanol–water partition coefficient (Wildman–Crippen LogP) is 1.18. The van der Waals surface area contributed by atoms with Gasteiger partial charge in [0.1, 0.15) is 5.54 Å². The number of nitrogens with zero attached hydrogens (tertiary/aromatic N) is 1. The van der Waals surface area contributed by atoms with Gasteiger partial charge in [0, 0.05) is 25.7 Å². The molecule has 1 heterocycles. The molecule has 0 radical (unpaired) electrons. The van der Waals surface area contributed by atoms with Gasteiger partial charge < -0.3 is 4.74 Å². The molecule has 1 fully saturated rings. The van der Waals surface area contributed by atoms with Crippen LogP contribution in [0, 0.1) is 0 Å². The van der Waals surface area contributed by atoms with E-state index in [0.717, 1.165) is 19.5 Å². The standard InChI is InChI=1S/C13H24N2O2/c1-5-8-14-13(12(16)17-6-2)7-9-15(10-13)11(3)4/h5,11,14H,1,6-10H2,2-4H3. The summed E-state index contributed by atoms with van der Waals surface area (Å²) in [4.78, 5) is 14.4. The summed E-state index contributed by atoms with van der Waals surface area (Å²) in [6.45, 7) is 12.5. The second-order valence-corrected chi connectivity index (χ2v) is 4.79. The molecule has 0 amide bonds. The normalized spacial score (nSPS) is 25.2. The lowest BCUT2D eigenvalue weighted by Crippen LogP contribution is -2.55. The quantitative estimate of drug-likeness (QED) is 0.559. The van der Waals surface area contributed by atoms with Gasteiger partial charge >= 0.3 is 5.97 Å². The Morgan fingerprint density at radius 3 is 2.82 bits per heavy atom. The van der Waals surface area contributed by atoms with E-state index in [0.29, 0.717) is 19.2 Å². The summed E-state index contributed by atoms with van der Waals surface area (Å²) in [5.74, 6) is -0.134. The number of carbonyl (C=O) groups is 1. The molecule has 4 nitrogen and oxygen atoms in total. The van der Waals surface area contributed by atoms with E-state index in [1.54, 1.807) is 6.08 Å². The average Bonchev–Trinajstić information content (AvgIpc) is 2.72. The van der Waals surface area contributed by atoms with Crippen LogP contribution in [-0.2, 0) is 9.53 Å². The first-order chi connectivity index (χ1) is 8.05. The Labute approximate surface area is 104 Å². The molecule has 0 aromatic rings. The minimum Gasteiger partial charge on any atom is -0.465 e. The third-order valence-corrected chi connectivity index (χ3v) is 3.28. The molecule has 0 aromatic carbocycles. The highest BCUT2D eigenvalue weighted by Crippen LogP contribution is 2.24. The first-order valence-corrected chi connectivity index (χ1v) is 6.33. The third-order valence-electron chi connectivity index (χ3n) is 3.28. The Bertz CT molecular complexity index is 279. The number of likely N-dealkylation sites (tertiary alicyclic amines) is 1. The molecule has 1 atom stereocenters. The fourth-order valence-corrected chi connectivity index (χ4v) is 2.20. The molecule has 1 rings (SSSR count). The van der Waals surface area contributed by atoms with Crippen LogP contribution < -0.4 is 5.32 Å². The second kappa shape index (κ2) is 6.17. The van der Waals surface area contributed by atoms with Gasteiger partial charge in [-0.15, -0.1) is 6.58 Å². The van der Waals surface area contributed by atoms with Gasteiger partial charge in [0.15, 0.2) is 0 Å². The Morgan fingerprint density at radius 2 is 2.35 bits per heavy atom. The molecule has 1 unspecified atom stereocenters. The van der Waals surface area contributed by atoms with E-state index in [2.05, 4.69) is 30.6 Å². The molecule has 0 aliphatic carbocycles. The fourth-order valence-electron chi connectivity index (χ4n) is 2.20. The van der Waals surface area contributed by atoms with Gasteiger partial charge in [0.2, 0.25) is 0 Å². The van der Waals surface area contributed by atoms with Crippen molar-refractivity contribution in [3.05, 3.63) is 12.7 Å². The largest absolute Gasteiger partial charge is 0.465 e. The van der Waals surface area contributed by atoms with Crippen molar-refractivity contribution in [3.63, 3.8) is 0 Å². The zero-order valence-corrected chi connectivity index (χ0v) is 11.2. The van der Waals surface area contributed by atoms with E-state index in [4.69, 9.17) is 4.74 Å². The number of nitrogens with one attached hydrogen (secondary N) is 1. The maximum absolute atomic E-state index is 12.1. The molecule has 1 aliphatic rings. The first-order valence-electron chi connectivity index (χ1n) is 6.33. The summed E-state index contributed by atoms with van der Waals surface area (Å²) in [5.41, 5.74) is -0.547. The van der Waals surface area contributed by atoms with E-state index < -0.39 is 5.54 Å². The molecule has 1 saturated heterocycles. The number of esters is 1. The van der Waals surface area contributed by atoms with Crippen molar-refractivity contribution in [2.24, 2.45) is 0 Å². The monoisotopic (exact) mass is 240 g/mol.